The Balaban J connectivity index is 0.000000302. The van der Waals surface area contributed by atoms with E-state index in [4.69, 9.17) is 19.5 Å². The van der Waals surface area contributed by atoms with Crippen LogP contribution in [0.15, 0.2) is 64.0 Å². The number of rotatable bonds is 7. The number of nitriles is 1. The Morgan fingerprint density at radius 1 is 0.675 bits per heavy atom. The first-order valence-electron chi connectivity index (χ1n) is 13.1. The van der Waals surface area contributed by atoms with Crippen LogP contribution in [0.3, 0.4) is 0 Å². The predicted octanol–water partition coefficient (Wildman–Crippen LogP) is 8.38. The largest absolute Gasteiger partial charge is 0.490 e. The van der Waals surface area contributed by atoms with Gasteiger partial charge in [-0.25, -0.2) is 8.42 Å². The number of sulfone groups is 1. The second kappa shape index (κ2) is 16.3. The van der Waals surface area contributed by atoms with Gasteiger partial charge in [0.2, 0.25) is 0 Å². The maximum atomic E-state index is 11.5. The van der Waals surface area contributed by atoms with Gasteiger partial charge in [0.15, 0.2) is 9.84 Å². The molecular formula is C32H42BrNO5S. The lowest BCUT2D eigenvalue weighted by Crippen LogP contribution is -2.09. The van der Waals surface area contributed by atoms with Gasteiger partial charge in [-0.3, -0.25) is 0 Å². The zero-order valence-corrected chi connectivity index (χ0v) is 27.6. The molecule has 0 aliphatic carbocycles. The molecule has 0 bridgehead atoms. The molecule has 8 heteroatoms. The SMILES string of the molecule is Cc1ccc(OC(C)C)c(Br)c1.Cc1ccc(OC(C)C)c(C#N)c1.Cc1ccc(OC(C)C)c(S(C)(=O)=O)c1. The van der Waals surface area contributed by atoms with E-state index in [9.17, 15) is 8.42 Å². The molecule has 0 aliphatic rings. The summed E-state index contributed by atoms with van der Waals surface area (Å²) in [6, 6.07) is 19.0. The standard InChI is InChI=1S/C11H13NO.C11H16O3S.C10H13BrO/c1-8(2)13-11-5-4-9(3)6-10(11)7-12;1-8(2)14-10-6-5-9(3)7-11(10)15(4,12)13;1-7(2)12-10-5-4-8(3)6-9(10)11/h4-6,8H,1-3H3;5-8H,1-4H3;4-7H,1-3H3. The number of aryl methyl sites for hydroxylation is 3. The highest BCUT2D eigenvalue weighted by molar-refractivity contribution is 9.10. The summed E-state index contributed by atoms with van der Waals surface area (Å²) in [5, 5.41) is 8.83. The first kappa shape index (κ1) is 35.0. The summed E-state index contributed by atoms with van der Waals surface area (Å²) < 4.78 is 40.5. The van der Waals surface area contributed by atoms with Crippen LogP contribution in [0, 0.1) is 32.1 Å². The molecule has 218 valence electrons. The van der Waals surface area contributed by atoms with Crippen LogP contribution in [-0.2, 0) is 9.84 Å². The molecule has 40 heavy (non-hydrogen) atoms. The summed E-state index contributed by atoms with van der Waals surface area (Å²) in [5.74, 6) is 2.01. The van der Waals surface area contributed by atoms with Crippen LogP contribution in [0.25, 0.3) is 0 Å². The van der Waals surface area contributed by atoms with E-state index in [0.29, 0.717) is 17.1 Å². The van der Waals surface area contributed by atoms with Gasteiger partial charge in [0, 0.05) is 6.26 Å². The van der Waals surface area contributed by atoms with Crippen LogP contribution in [0.5, 0.6) is 17.2 Å². The van der Waals surface area contributed by atoms with Crippen molar-refractivity contribution < 1.29 is 22.6 Å². The normalized spacial score (nSPS) is 10.7. The Kier molecular flexibility index (Phi) is 14.3. The zero-order chi connectivity index (χ0) is 30.6. The molecule has 0 amide bonds. The molecule has 6 nitrogen and oxygen atoms in total. The summed E-state index contributed by atoms with van der Waals surface area (Å²) in [5.41, 5.74) is 3.82. The maximum Gasteiger partial charge on any atom is 0.179 e. The van der Waals surface area contributed by atoms with Crippen LogP contribution in [-0.4, -0.2) is 33.0 Å². The van der Waals surface area contributed by atoms with Crippen molar-refractivity contribution in [2.24, 2.45) is 0 Å². The maximum absolute atomic E-state index is 11.5. The van der Waals surface area contributed by atoms with Crippen LogP contribution in [0.2, 0.25) is 0 Å². The van der Waals surface area contributed by atoms with Gasteiger partial charge >= 0.3 is 0 Å². The Bertz CT molecular complexity index is 1390. The molecule has 3 aromatic carbocycles. The molecule has 0 radical (unpaired) electrons. The number of hydrogen-bond donors (Lipinski definition) is 0. The van der Waals surface area contributed by atoms with E-state index in [2.05, 4.69) is 35.0 Å². The Hall–Kier alpha value is -3.02. The van der Waals surface area contributed by atoms with Crippen molar-refractivity contribution in [2.75, 3.05) is 6.26 Å². The van der Waals surface area contributed by atoms with E-state index in [0.717, 1.165) is 21.3 Å². The van der Waals surface area contributed by atoms with Crippen LogP contribution >= 0.6 is 15.9 Å². The van der Waals surface area contributed by atoms with Gasteiger partial charge < -0.3 is 14.2 Å². The first-order chi connectivity index (χ1) is 18.5. The fourth-order valence-electron chi connectivity index (χ4n) is 3.30. The Morgan fingerprint density at radius 3 is 1.52 bits per heavy atom. The molecule has 0 saturated heterocycles. The summed E-state index contributed by atoms with van der Waals surface area (Å²) in [6.07, 6.45) is 1.49. The van der Waals surface area contributed by atoms with Gasteiger partial charge in [0.1, 0.15) is 28.2 Å². The molecule has 0 N–H and O–H groups in total. The predicted molar refractivity (Wildman–Crippen MR) is 166 cm³/mol. The molecule has 0 heterocycles. The lowest BCUT2D eigenvalue weighted by Gasteiger charge is -2.13. The third kappa shape index (κ3) is 12.9. The number of nitrogens with zero attached hydrogens (tertiary/aromatic N) is 1. The van der Waals surface area contributed by atoms with Crippen molar-refractivity contribution in [1.29, 1.82) is 5.26 Å². The van der Waals surface area contributed by atoms with E-state index in [1.54, 1.807) is 12.1 Å². The molecular weight excluding hydrogens is 590 g/mol. The highest BCUT2D eigenvalue weighted by atomic mass is 79.9. The van der Waals surface area contributed by atoms with Crippen LogP contribution in [0.4, 0.5) is 0 Å². The van der Waals surface area contributed by atoms with Gasteiger partial charge in [-0.2, -0.15) is 5.26 Å². The fraction of sp³-hybridized carbons (Fsp3) is 0.406. The van der Waals surface area contributed by atoms with Gasteiger partial charge in [0.25, 0.3) is 0 Å². The summed E-state index contributed by atoms with van der Waals surface area (Å²) >= 11 is 3.45. The third-order valence-corrected chi connectivity index (χ3v) is 6.67. The van der Waals surface area contributed by atoms with Gasteiger partial charge in [-0.05, 0) is 131 Å². The topological polar surface area (TPSA) is 85.6 Å². The molecule has 3 aromatic rings. The van der Waals surface area contributed by atoms with E-state index in [-0.39, 0.29) is 23.2 Å². The molecule has 0 saturated carbocycles. The molecule has 0 aliphatic heterocycles. The highest BCUT2D eigenvalue weighted by Crippen LogP contribution is 2.27. The average Bonchev–Trinajstić information content (AvgIpc) is 2.82. The summed E-state index contributed by atoms with van der Waals surface area (Å²) in [7, 11) is -3.23. The number of benzene rings is 3. The van der Waals surface area contributed by atoms with Gasteiger partial charge in [0.05, 0.1) is 28.3 Å². The van der Waals surface area contributed by atoms with E-state index < -0.39 is 9.84 Å². The highest BCUT2D eigenvalue weighted by Gasteiger charge is 2.15. The van der Waals surface area contributed by atoms with Crippen molar-refractivity contribution in [3.05, 3.63) is 81.3 Å². The van der Waals surface area contributed by atoms with Crippen molar-refractivity contribution in [2.45, 2.75) is 85.5 Å². The van der Waals surface area contributed by atoms with Crippen molar-refractivity contribution >= 4 is 25.8 Å². The second-order valence-corrected chi connectivity index (χ2v) is 13.1. The first-order valence-corrected chi connectivity index (χ1v) is 15.8. The summed E-state index contributed by atoms with van der Waals surface area (Å²) in [6.45, 7) is 17.5. The smallest absolute Gasteiger partial charge is 0.179 e. The molecule has 3 rings (SSSR count). The number of halogens is 1. The quantitative estimate of drug-likeness (QED) is 0.260. The van der Waals surface area contributed by atoms with Crippen LogP contribution in [0.1, 0.15) is 63.8 Å². The van der Waals surface area contributed by atoms with E-state index >= 15 is 0 Å². The lowest BCUT2D eigenvalue weighted by molar-refractivity contribution is 0.236. The lowest BCUT2D eigenvalue weighted by atomic mass is 10.1. The third-order valence-electron chi connectivity index (χ3n) is 4.93. The average molecular weight is 633 g/mol. The second-order valence-electron chi connectivity index (χ2n) is 10.3. The minimum atomic E-state index is -3.23. The van der Waals surface area contributed by atoms with E-state index in [1.165, 1.54) is 11.8 Å². The number of hydrogen-bond acceptors (Lipinski definition) is 6. The molecule has 0 fully saturated rings. The van der Waals surface area contributed by atoms with Crippen molar-refractivity contribution in [3.8, 4) is 23.3 Å². The van der Waals surface area contributed by atoms with Gasteiger partial charge in [-0.1, -0.05) is 18.2 Å². The fourth-order valence-corrected chi connectivity index (χ4v) is 4.77. The monoisotopic (exact) mass is 631 g/mol. The minimum Gasteiger partial charge on any atom is -0.490 e. The zero-order valence-electron chi connectivity index (χ0n) is 25.2. The Labute approximate surface area is 249 Å². The molecule has 0 unspecified atom stereocenters. The van der Waals surface area contributed by atoms with Crippen molar-refractivity contribution in [1.82, 2.24) is 0 Å². The van der Waals surface area contributed by atoms with Crippen LogP contribution < -0.4 is 14.2 Å². The molecule has 0 aromatic heterocycles. The van der Waals surface area contributed by atoms with E-state index in [1.807, 2.05) is 91.8 Å². The summed E-state index contributed by atoms with van der Waals surface area (Å²) in [4.78, 5) is 0.260. The molecule has 0 atom stereocenters. The molecule has 0 spiro atoms. The Morgan fingerprint density at radius 2 is 1.07 bits per heavy atom. The number of ether oxygens (including phenoxy) is 3. The minimum absolute atomic E-state index is 0.0341. The van der Waals surface area contributed by atoms with Crippen molar-refractivity contribution in [3.63, 3.8) is 0 Å². The van der Waals surface area contributed by atoms with Gasteiger partial charge in [-0.15, -0.1) is 0 Å².